The monoisotopic (exact) mass is 384 g/mol. The van der Waals surface area contributed by atoms with Crippen molar-refractivity contribution < 1.29 is 14.3 Å². The number of hydrogen-bond donors (Lipinski definition) is 1. The van der Waals surface area contributed by atoms with Gasteiger partial charge in [-0.2, -0.15) is 0 Å². The second kappa shape index (κ2) is 7.71. The molecule has 1 N–H and O–H groups in total. The first-order valence-corrected chi connectivity index (χ1v) is 11.5. The zero-order valence-electron chi connectivity index (χ0n) is 17.0. The Labute approximate surface area is 158 Å². The molecule has 0 aliphatic carbocycles. The SMILES string of the molecule is CC(C)[Si](Oc1c(C(C)(C)C)ccc(Cl)c1C(=O)O)(C(C)C)C(C)C. The van der Waals surface area contributed by atoms with Crippen LogP contribution < -0.4 is 4.43 Å². The van der Waals surface area contributed by atoms with Crippen LogP contribution >= 0.6 is 11.6 Å². The van der Waals surface area contributed by atoms with E-state index in [2.05, 4.69) is 62.3 Å². The van der Waals surface area contributed by atoms with E-state index in [1.807, 2.05) is 6.07 Å². The third kappa shape index (κ3) is 4.22. The van der Waals surface area contributed by atoms with Crippen molar-refractivity contribution in [3.8, 4) is 5.75 Å². The van der Waals surface area contributed by atoms with Crippen molar-refractivity contribution in [3.05, 3.63) is 28.3 Å². The topological polar surface area (TPSA) is 46.5 Å². The predicted octanol–water partition coefficient (Wildman–Crippen LogP) is 6.89. The van der Waals surface area contributed by atoms with Crippen molar-refractivity contribution in [2.45, 2.75) is 84.4 Å². The fraction of sp³-hybridized carbons (Fsp3) is 0.650. The highest BCUT2D eigenvalue weighted by atomic mass is 35.5. The predicted molar refractivity (Wildman–Crippen MR) is 109 cm³/mol. The number of rotatable bonds is 6. The number of halogens is 1. The van der Waals surface area contributed by atoms with Gasteiger partial charge >= 0.3 is 5.97 Å². The van der Waals surface area contributed by atoms with E-state index in [1.54, 1.807) is 6.07 Å². The molecule has 3 nitrogen and oxygen atoms in total. The summed E-state index contributed by atoms with van der Waals surface area (Å²) in [6.45, 7) is 19.3. The van der Waals surface area contributed by atoms with E-state index in [9.17, 15) is 9.90 Å². The lowest BCUT2D eigenvalue weighted by Gasteiger charge is -2.43. The summed E-state index contributed by atoms with van der Waals surface area (Å²) >= 11 is 6.27. The molecule has 0 amide bonds. The van der Waals surface area contributed by atoms with E-state index in [0.29, 0.717) is 22.4 Å². The van der Waals surface area contributed by atoms with E-state index in [4.69, 9.17) is 16.0 Å². The molecule has 0 atom stereocenters. The molecule has 0 aromatic heterocycles. The van der Waals surface area contributed by atoms with Crippen LogP contribution in [0.25, 0.3) is 0 Å². The second-order valence-electron chi connectivity index (χ2n) is 8.77. The Kier molecular flexibility index (Phi) is 6.79. The van der Waals surface area contributed by atoms with Crippen molar-refractivity contribution in [3.63, 3.8) is 0 Å². The molecule has 0 bridgehead atoms. The van der Waals surface area contributed by atoms with E-state index in [0.717, 1.165) is 5.56 Å². The Hall–Kier alpha value is -1.00. The van der Waals surface area contributed by atoms with Crippen LogP contribution in [0.1, 0.15) is 78.2 Å². The lowest BCUT2D eigenvalue weighted by Crippen LogP contribution is -2.51. The van der Waals surface area contributed by atoms with E-state index >= 15 is 0 Å². The number of hydrogen-bond acceptors (Lipinski definition) is 2. The fourth-order valence-electron chi connectivity index (χ4n) is 3.98. The first-order chi connectivity index (χ1) is 11.3. The number of carboxylic acids is 1. The summed E-state index contributed by atoms with van der Waals surface area (Å²) < 4.78 is 6.79. The summed E-state index contributed by atoms with van der Waals surface area (Å²) in [5, 5.41) is 10.0. The maximum atomic E-state index is 12.0. The van der Waals surface area contributed by atoms with Crippen molar-refractivity contribution in [1.82, 2.24) is 0 Å². The lowest BCUT2D eigenvalue weighted by atomic mass is 9.85. The Morgan fingerprint density at radius 2 is 1.48 bits per heavy atom. The third-order valence-electron chi connectivity index (χ3n) is 5.11. The van der Waals surface area contributed by atoms with Gasteiger partial charge in [-0.05, 0) is 33.7 Å². The molecule has 1 rings (SSSR count). The van der Waals surface area contributed by atoms with Gasteiger partial charge in [-0.15, -0.1) is 0 Å². The van der Waals surface area contributed by atoms with Crippen molar-refractivity contribution in [2.75, 3.05) is 0 Å². The van der Waals surface area contributed by atoms with Gasteiger partial charge in [0.05, 0.1) is 5.02 Å². The summed E-state index contributed by atoms with van der Waals surface area (Å²) in [5.74, 6) is -0.569. The summed E-state index contributed by atoms with van der Waals surface area (Å²) in [7, 11) is -2.30. The number of carboxylic acid groups (broad SMARTS) is 1. The van der Waals surface area contributed by atoms with Gasteiger partial charge in [0.25, 0.3) is 8.32 Å². The van der Waals surface area contributed by atoms with Crippen LogP contribution in [0.2, 0.25) is 21.6 Å². The van der Waals surface area contributed by atoms with Crippen molar-refractivity contribution in [2.24, 2.45) is 0 Å². The van der Waals surface area contributed by atoms with Crippen LogP contribution in [0, 0.1) is 0 Å². The lowest BCUT2D eigenvalue weighted by molar-refractivity contribution is 0.0694. The molecule has 0 unspecified atom stereocenters. The van der Waals surface area contributed by atoms with E-state index in [-0.39, 0.29) is 16.0 Å². The maximum absolute atomic E-state index is 12.0. The highest BCUT2D eigenvalue weighted by Crippen LogP contribution is 2.47. The molecule has 0 aliphatic heterocycles. The van der Waals surface area contributed by atoms with Gasteiger partial charge in [0.2, 0.25) is 0 Å². The van der Waals surface area contributed by atoms with Crippen molar-refractivity contribution in [1.29, 1.82) is 0 Å². The van der Waals surface area contributed by atoms with Crippen LogP contribution in [0.3, 0.4) is 0 Å². The van der Waals surface area contributed by atoms with Gasteiger partial charge in [0.1, 0.15) is 11.3 Å². The minimum Gasteiger partial charge on any atom is -0.542 e. The van der Waals surface area contributed by atoms with Gasteiger partial charge in [0, 0.05) is 0 Å². The molecule has 0 saturated carbocycles. The molecule has 25 heavy (non-hydrogen) atoms. The highest BCUT2D eigenvalue weighted by Gasteiger charge is 2.48. The average molecular weight is 385 g/mol. The quantitative estimate of drug-likeness (QED) is 0.543. The molecule has 0 heterocycles. The standard InChI is InChI=1S/C20H33ClO3Si/c1-12(2)25(13(3)4,14(5)6)24-18-15(20(7,8)9)10-11-16(21)17(18)19(22)23/h10-14H,1-9H3,(H,22,23). The molecule has 1 aromatic rings. The molecule has 0 fully saturated rings. The molecular weight excluding hydrogens is 352 g/mol. The molecule has 1 aromatic carbocycles. The Morgan fingerprint density at radius 1 is 1.04 bits per heavy atom. The number of aromatic carboxylic acids is 1. The summed E-state index contributed by atoms with van der Waals surface area (Å²) in [5.41, 5.74) is 1.79. The van der Waals surface area contributed by atoms with Crippen LogP contribution in [-0.2, 0) is 5.41 Å². The maximum Gasteiger partial charge on any atom is 0.340 e. The summed E-state index contributed by atoms with van der Waals surface area (Å²) in [6.07, 6.45) is 0. The van der Waals surface area contributed by atoms with Crippen LogP contribution in [-0.4, -0.2) is 19.4 Å². The Balaban J connectivity index is 3.79. The Bertz CT molecular complexity index is 609. The number of carbonyl (C=O) groups is 1. The average Bonchev–Trinajstić information content (AvgIpc) is 2.41. The molecule has 0 aliphatic rings. The zero-order valence-corrected chi connectivity index (χ0v) is 18.8. The summed E-state index contributed by atoms with van der Waals surface area (Å²) in [6, 6.07) is 3.58. The molecule has 0 saturated heterocycles. The third-order valence-corrected chi connectivity index (χ3v) is 11.4. The highest BCUT2D eigenvalue weighted by molar-refractivity contribution is 6.78. The molecule has 0 radical (unpaired) electrons. The zero-order chi connectivity index (χ0) is 19.7. The molecule has 5 heteroatoms. The van der Waals surface area contributed by atoms with Crippen LogP contribution in [0.5, 0.6) is 5.75 Å². The van der Waals surface area contributed by atoms with Crippen molar-refractivity contribution >= 4 is 25.9 Å². The van der Waals surface area contributed by atoms with Gasteiger partial charge in [-0.1, -0.05) is 80.0 Å². The minimum absolute atomic E-state index is 0.0907. The smallest absolute Gasteiger partial charge is 0.340 e. The minimum atomic E-state index is -2.30. The normalized spacial score (nSPS) is 13.0. The van der Waals surface area contributed by atoms with Gasteiger partial charge in [-0.25, -0.2) is 4.79 Å². The van der Waals surface area contributed by atoms with Gasteiger partial charge in [-0.3, -0.25) is 0 Å². The van der Waals surface area contributed by atoms with Crippen LogP contribution in [0.4, 0.5) is 0 Å². The molecule has 0 spiro atoms. The first kappa shape index (κ1) is 22.0. The van der Waals surface area contributed by atoms with Gasteiger partial charge < -0.3 is 9.53 Å². The first-order valence-electron chi connectivity index (χ1n) is 9.02. The van der Waals surface area contributed by atoms with E-state index in [1.165, 1.54) is 0 Å². The molecular formula is C20H33ClO3Si. The van der Waals surface area contributed by atoms with E-state index < -0.39 is 14.3 Å². The largest absolute Gasteiger partial charge is 0.542 e. The fourth-order valence-corrected chi connectivity index (χ4v) is 9.49. The van der Waals surface area contributed by atoms with Gasteiger partial charge in [0.15, 0.2) is 0 Å². The summed E-state index contributed by atoms with van der Waals surface area (Å²) in [4.78, 5) is 12.0. The molecule has 142 valence electrons. The van der Waals surface area contributed by atoms with Crippen LogP contribution in [0.15, 0.2) is 12.1 Å². The number of benzene rings is 1. The Morgan fingerprint density at radius 3 is 1.80 bits per heavy atom. The second-order valence-corrected chi connectivity index (χ2v) is 14.6.